The maximum Gasteiger partial charge on any atom is 0.500 e. The first-order valence-corrected chi connectivity index (χ1v) is 13.4. The van der Waals surface area contributed by atoms with E-state index in [0.717, 1.165) is 19.0 Å². The Hall–Kier alpha value is 0.274. The minimum absolute atomic E-state index is 0.904. The van der Waals surface area contributed by atoms with Gasteiger partial charge in [-0.15, -0.1) is 0 Å². The van der Waals surface area contributed by atoms with E-state index in [4.69, 9.17) is 13.3 Å². The molecule has 0 saturated heterocycles. The highest BCUT2D eigenvalue weighted by Crippen LogP contribution is 2.26. The third-order valence-electron chi connectivity index (χ3n) is 5.27. The first kappa shape index (κ1) is 22.3. The van der Waals surface area contributed by atoms with Crippen molar-refractivity contribution in [2.45, 2.75) is 71.1 Å². The van der Waals surface area contributed by atoms with E-state index in [0.29, 0.717) is 0 Å². The molecular weight excluding hydrogens is 310 g/mol. The molecule has 0 atom stereocenters. The highest BCUT2D eigenvalue weighted by atomic mass is 28.4. The summed E-state index contributed by atoms with van der Waals surface area (Å²) in [5.41, 5.74) is 0. The zero-order valence-corrected chi connectivity index (χ0v) is 18.0. The molecule has 0 heterocycles. The second-order valence-electron chi connectivity index (χ2n) is 6.02. The highest BCUT2D eigenvalue weighted by Gasteiger charge is 2.38. The summed E-state index contributed by atoms with van der Waals surface area (Å²) in [5, 5.41) is 0. The van der Waals surface area contributed by atoms with Gasteiger partial charge in [0.2, 0.25) is 0 Å². The van der Waals surface area contributed by atoms with Crippen LogP contribution in [0.3, 0.4) is 0 Å². The molecule has 0 aromatic carbocycles. The molecule has 134 valence electrons. The van der Waals surface area contributed by atoms with E-state index in [-0.39, 0.29) is 0 Å². The molecule has 6 heteroatoms. The van der Waals surface area contributed by atoms with Crippen LogP contribution < -0.4 is 0 Å². The predicted octanol–water partition coefficient (Wildman–Crippen LogP) is 4.36. The Labute approximate surface area is 141 Å². The van der Waals surface area contributed by atoms with E-state index in [1.54, 1.807) is 21.3 Å². The van der Waals surface area contributed by atoms with Crippen molar-refractivity contribution in [1.82, 2.24) is 4.57 Å². The first-order valence-electron chi connectivity index (χ1n) is 8.94. The summed E-state index contributed by atoms with van der Waals surface area (Å²) in [7, 11) is 1.42. The van der Waals surface area contributed by atoms with Gasteiger partial charge in [-0.25, -0.2) is 0 Å². The molecule has 0 saturated carbocycles. The van der Waals surface area contributed by atoms with Crippen molar-refractivity contribution < 1.29 is 13.3 Å². The van der Waals surface area contributed by atoms with Gasteiger partial charge in [-0.1, -0.05) is 34.1 Å². The van der Waals surface area contributed by atoms with Crippen molar-refractivity contribution >= 4 is 17.0 Å². The summed E-state index contributed by atoms with van der Waals surface area (Å²) >= 11 is 0. The summed E-state index contributed by atoms with van der Waals surface area (Å²) in [6, 6.07) is 4.96. The summed E-state index contributed by atoms with van der Waals surface area (Å²) < 4.78 is 19.5. The van der Waals surface area contributed by atoms with E-state index < -0.39 is 17.0 Å². The Morgan fingerprint density at radius 2 is 1.18 bits per heavy atom. The van der Waals surface area contributed by atoms with Crippen LogP contribution in [-0.2, 0) is 13.3 Å². The van der Waals surface area contributed by atoms with Crippen molar-refractivity contribution in [3.63, 3.8) is 0 Å². The lowest BCUT2D eigenvalue weighted by atomic mass is 10.3. The van der Waals surface area contributed by atoms with Crippen LogP contribution in [0.1, 0.15) is 47.0 Å². The number of rotatable bonds is 14. The third kappa shape index (κ3) is 6.05. The zero-order valence-electron chi connectivity index (χ0n) is 16.0. The molecule has 0 spiro atoms. The van der Waals surface area contributed by atoms with Crippen molar-refractivity contribution in [1.29, 1.82) is 0 Å². The van der Waals surface area contributed by atoms with Gasteiger partial charge in [-0.3, -0.25) is 0 Å². The molecule has 0 amide bonds. The van der Waals surface area contributed by atoms with Gasteiger partial charge in [0.05, 0.1) is 0 Å². The SMILES string of the molecule is CCCCN(CCC[Si](OC)(OC)OC)[Si](CC)(CC)CC. The Bertz CT molecular complexity index is 256. The predicted molar refractivity (Wildman–Crippen MR) is 99.9 cm³/mol. The number of hydrogen-bond acceptors (Lipinski definition) is 4. The summed E-state index contributed by atoms with van der Waals surface area (Å²) in [4.78, 5) is 0. The van der Waals surface area contributed by atoms with Crippen LogP contribution in [0.2, 0.25) is 24.2 Å². The average molecular weight is 350 g/mol. The molecule has 0 unspecified atom stereocenters. The van der Waals surface area contributed by atoms with E-state index in [1.165, 1.54) is 37.5 Å². The monoisotopic (exact) mass is 349 g/mol. The molecule has 0 aliphatic carbocycles. The topological polar surface area (TPSA) is 30.9 Å². The molecule has 0 aliphatic heterocycles. The van der Waals surface area contributed by atoms with Gasteiger partial charge < -0.3 is 17.8 Å². The average Bonchev–Trinajstić information content (AvgIpc) is 2.58. The molecule has 0 fully saturated rings. The second kappa shape index (κ2) is 11.8. The quantitative estimate of drug-likeness (QED) is 0.436. The van der Waals surface area contributed by atoms with Gasteiger partial charge in [-0.2, -0.15) is 0 Å². The highest BCUT2D eigenvalue weighted by molar-refractivity contribution is 6.77. The van der Waals surface area contributed by atoms with Crippen LogP contribution in [0.5, 0.6) is 0 Å². The third-order valence-corrected chi connectivity index (χ3v) is 13.8. The fourth-order valence-electron chi connectivity index (χ4n) is 3.40. The maximum absolute atomic E-state index is 5.55. The van der Waals surface area contributed by atoms with Gasteiger partial charge in [0.25, 0.3) is 0 Å². The number of hydrogen-bond donors (Lipinski definition) is 0. The first-order chi connectivity index (χ1) is 10.5. The van der Waals surface area contributed by atoms with Crippen LogP contribution in [0, 0.1) is 0 Å². The Morgan fingerprint density at radius 3 is 1.55 bits per heavy atom. The lowest BCUT2D eigenvalue weighted by Gasteiger charge is -2.41. The normalized spacial score (nSPS) is 13.1. The van der Waals surface area contributed by atoms with Gasteiger partial charge in [-0.05, 0) is 44.1 Å². The lowest BCUT2D eigenvalue weighted by molar-refractivity contribution is 0.122. The Kier molecular flexibility index (Phi) is 11.9. The van der Waals surface area contributed by atoms with Gasteiger partial charge in [0.1, 0.15) is 8.24 Å². The van der Waals surface area contributed by atoms with Crippen molar-refractivity contribution in [2.24, 2.45) is 0 Å². The van der Waals surface area contributed by atoms with E-state index in [2.05, 4.69) is 32.3 Å². The molecule has 0 aromatic rings. The van der Waals surface area contributed by atoms with Crippen molar-refractivity contribution in [2.75, 3.05) is 34.4 Å². The van der Waals surface area contributed by atoms with Gasteiger partial charge >= 0.3 is 8.80 Å². The summed E-state index contributed by atoms with van der Waals surface area (Å²) in [6.07, 6.45) is 3.67. The molecule has 22 heavy (non-hydrogen) atoms. The van der Waals surface area contributed by atoms with Crippen molar-refractivity contribution in [3.8, 4) is 0 Å². The van der Waals surface area contributed by atoms with Crippen LogP contribution in [-0.4, -0.2) is 56.0 Å². The lowest BCUT2D eigenvalue weighted by Crippen LogP contribution is -2.53. The maximum atomic E-state index is 5.55. The van der Waals surface area contributed by atoms with Crippen LogP contribution in [0.15, 0.2) is 0 Å². The smallest absolute Gasteiger partial charge is 0.377 e. The zero-order chi connectivity index (χ0) is 17.1. The molecule has 4 nitrogen and oxygen atoms in total. The molecular formula is C16H39NO3Si2. The second-order valence-corrected chi connectivity index (χ2v) is 14.3. The van der Waals surface area contributed by atoms with Crippen LogP contribution in [0.25, 0.3) is 0 Å². The molecule has 0 bridgehead atoms. The molecule has 0 radical (unpaired) electrons. The molecule has 0 aromatic heterocycles. The fraction of sp³-hybridized carbons (Fsp3) is 1.00. The number of unbranched alkanes of at least 4 members (excludes halogenated alkanes) is 1. The summed E-state index contributed by atoms with van der Waals surface area (Å²) in [5.74, 6) is 0. The minimum atomic E-state index is -2.42. The fourth-order valence-corrected chi connectivity index (χ4v) is 9.21. The minimum Gasteiger partial charge on any atom is -0.377 e. The Balaban J connectivity index is 4.79. The largest absolute Gasteiger partial charge is 0.500 e. The van der Waals surface area contributed by atoms with E-state index in [1.807, 2.05) is 0 Å². The Morgan fingerprint density at radius 1 is 0.727 bits per heavy atom. The standard InChI is InChI=1S/C16H39NO3Si2/c1-8-12-14-17(21(9-2,10-3)11-4)15-13-16-22(18-5,19-6)20-7/h8-16H2,1-7H3. The number of nitrogens with zero attached hydrogens (tertiary/aromatic N) is 1. The van der Waals surface area contributed by atoms with Gasteiger partial charge in [0.15, 0.2) is 0 Å². The van der Waals surface area contributed by atoms with Crippen LogP contribution in [0.4, 0.5) is 0 Å². The van der Waals surface area contributed by atoms with Gasteiger partial charge in [0, 0.05) is 27.4 Å². The van der Waals surface area contributed by atoms with Crippen LogP contribution >= 0.6 is 0 Å². The summed E-state index contributed by atoms with van der Waals surface area (Å²) in [6.45, 7) is 11.8. The van der Waals surface area contributed by atoms with Crippen molar-refractivity contribution in [3.05, 3.63) is 0 Å². The van der Waals surface area contributed by atoms with E-state index in [9.17, 15) is 0 Å². The van der Waals surface area contributed by atoms with E-state index >= 15 is 0 Å². The molecule has 0 N–H and O–H groups in total. The molecule has 0 rings (SSSR count). The molecule has 0 aliphatic rings.